The molecular weight excluding hydrogens is 376 g/mol. The van der Waals surface area contributed by atoms with Crippen LogP contribution in [0.2, 0.25) is 0 Å². The van der Waals surface area contributed by atoms with E-state index in [1.54, 1.807) is 17.2 Å². The van der Waals surface area contributed by atoms with Crippen molar-refractivity contribution >= 4 is 27.7 Å². The molecule has 1 saturated heterocycles. The van der Waals surface area contributed by atoms with Gasteiger partial charge in [0.05, 0.1) is 11.9 Å². The summed E-state index contributed by atoms with van der Waals surface area (Å²) in [6.45, 7) is 6.76. The number of aromatic hydroxyl groups is 1. The number of likely N-dealkylation sites (tertiary alicyclic amines) is 1. The van der Waals surface area contributed by atoms with E-state index in [4.69, 9.17) is 4.74 Å². The zero-order valence-corrected chi connectivity index (χ0v) is 15.6. The summed E-state index contributed by atoms with van der Waals surface area (Å²) in [7, 11) is 0. The Balaban J connectivity index is 1.85. The molecule has 0 aliphatic carbocycles. The van der Waals surface area contributed by atoms with Gasteiger partial charge in [0, 0.05) is 25.1 Å². The summed E-state index contributed by atoms with van der Waals surface area (Å²) < 4.78 is 7.36. The minimum Gasteiger partial charge on any atom is -0.492 e. The number of hydrogen-bond acceptors (Lipinski definition) is 5. The lowest BCUT2D eigenvalue weighted by molar-refractivity contribution is 0.0197. The average molecular weight is 397 g/mol. The molecule has 3 heterocycles. The molecule has 130 valence electrons. The van der Waals surface area contributed by atoms with Crippen molar-refractivity contribution in [2.24, 2.45) is 0 Å². The van der Waals surface area contributed by atoms with Crippen LogP contribution in [0, 0.1) is 0 Å². The molecule has 1 unspecified atom stereocenters. The van der Waals surface area contributed by atoms with E-state index in [0.29, 0.717) is 23.2 Å². The van der Waals surface area contributed by atoms with E-state index in [0.717, 1.165) is 18.5 Å². The third-order valence-corrected chi connectivity index (χ3v) is 4.70. The van der Waals surface area contributed by atoms with Gasteiger partial charge >= 0.3 is 6.09 Å². The smallest absolute Gasteiger partial charge is 0.410 e. The van der Waals surface area contributed by atoms with Gasteiger partial charge < -0.3 is 14.7 Å². The predicted octanol–water partition coefficient (Wildman–Crippen LogP) is 3.31. The second-order valence-electron chi connectivity index (χ2n) is 7.00. The predicted molar refractivity (Wildman–Crippen MR) is 92.1 cm³/mol. The lowest BCUT2D eigenvalue weighted by Crippen LogP contribution is -2.42. The monoisotopic (exact) mass is 396 g/mol. The van der Waals surface area contributed by atoms with Crippen molar-refractivity contribution in [1.29, 1.82) is 0 Å². The van der Waals surface area contributed by atoms with Gasteiger partial charge in [-0.2, -0.15) is 9.61 Å². The Labute approximate surface area is 148 Å². The molecule has 7 nitrogen and oxygen atoms in total. The van der Waals surface area contributed by atoms with Crippen LogP contribution in [0.5, 0.6) is 5.88 Å². The summed E-state index contributed by atoms with van der Waals surface area (Å²) in [6, 6.07) is 1.74. The molecule has 8 heteroatoms. The van der Waals surface area contributed by atoms with Crippen molar-refractivity contribution in [2.75, 3.05) is 13.1 Å². The van der Waals surface area contributed by atoms with Gasteiger partial charge in [-0.05, 0) is 49.5 Å². The van der Waals surface area contributed by atoms with Crippen molar-refractivity contribution in [3.8, 4) is 5.88 Å². The third-order valence-electron chi connectivity index (χ3n) is 3.94. The van der Waals surface area contributed by atoms with E-state index in [-0.39, 0.29) is 17.9 Å². The van der Waals surface area contributed by atoms with E-state index in [1.165, 1.54) is 4.52 Å². The van der Waals surface area contributed by atoms with Crippen molar-refractivity contribution in [3.05, 3.63) is 22.4 Å². The fourth-order valence-corrected chi connectivity index (χ4v) is 3.47. The molecule has 1 N–H and O–H groups in total. The average Bonchev–Trinajstić information content (AvgIpc) is 2.98. The molecule has 0 spiro atoms. The molecule has 2 aromatic heterocycles. The first-order chi connectivity index (χ1) is 11.3. The number of nitrogens with zero attached hydrogens (tertiary/aromatic N) is 4. The van der Waals surface area contributed by atoms with Crippen LogP contribution in [0.15, 0.2) is 16.7 Å². The molecule has 1 aliphatic heterocycles. The highest BCUT2D eigenvalue weighted by molar-refractivity contribution is 9.10. The van der Waals surface area contributed by atoms with Crippen LogP contribution < -0.4 is 0 Å². The highest BCUT2D eigenvalue weighted by atomic mass is 79.9. The maximum atomic E-state index is 12.3. The first-order valence-electron chi connectivity index (χ1n) is 7.96. The zero-order chi connectivity index (χ0) is 17.5. The summed E-state index contributed by atoms with van der Waals surface area (Å²) in [4.78, 5) is 18.6. The normalized spacial score (nSPS) is 18.8. The number of piperidine rings is 1. The van der Waals surface area contributed by atoms with E-state index in [2.05, 4.69) is 26.0 Å². The number of amides is 1. The first-order valence-corrected chi connectivity index (χ1v) is 8.75. The second kappa shape index (κ2) is 6.23. The third kappa shape index (κ3) is 3.33. The summed E-state index contributed by atoms with van der Waals surface area (Å²) in [5.41, 5.74) is 0.811. The van der Waals surface area contributed by atoms with Crippen molar-refractivity contribution < 1.29 is 14.6 Å². The highest BCUT2D eigenvalue weighted by Crippen LogP contribution is 2.36. The Kier molecular flexibility index (Phi) is 4.42. The SMILES string of the molecule is CC(C)(C)OC(=O)N1CCCC(c2nc3ccnn3c(O)c2Br)C1. The number of aromatic nitrogens is 3. The van der Waals surface area contributed by atoms with Crippen LogP contribution in [0.3, 0.4) is 0 Å². The quantitative estimate of drug-likeness (QED) is 0.799. The van der Waals surface area contributed by atoms with Crippen LogP contribution in [-0.4, -0.2) is 49.4 Å². The van der Waals surface area contributed by atoms with Gasteiger partial charge in [0.2, 0.25) is 5.88 Å². The molecule has 1 atom stereocenters. The zero-order valence-electron chi connectivity index (χ0n) is 14.0. The summed E-state index contributed by atoms with van der Waals surface area (Å²) >= 11 is 3.42. The maximum absolute atomic E-state index is 12.3. The maximum Gasteiger partial charge on any atom is 0.410 e. The number of carbonyl (C=O) groups excluding carboxylic acids is 1. The van der Waals surface area contributed by atoms with Crippen molar-refractivity contribution in [2.45, 2.75) is 45.1 Å². The van der Waals surface area contributed by atoms with Crippen LogP contribution in [0.25, 0.3) is 5.65 Å². The number of fused-ring (bicyclic) bond motifs is 1. The van der Waals surface area contributed by atoms with E-state index in [9.17, 15) is 9.90 Å². The van der Waals surface area contributed by atoms with Gasteiger partial charge in [-0.1, -0.05) is 0 Å². The molecule has 0 saturated carbocycles. The van der Waals surface area contributed by atoms with Gasteiger partial charge in [0.1, 0.15) is 10.1 Å². The topological polar surface area (TPSA) is 80.0 Å². The van der Waals surface area contributed by atoms with Gasteiger partial charge in [-0.3, -0.25) is 0 Å². The molecule has 0 aromatic carbocycles. The fourth-order valence-electron chi connectivity index (χ4n) is 2.89. The number of ether oxygens (including phenoxy) is 1. The van der Waals surface area contributed by atoms with Gasteiger partial charge in [-0.25, -0.2) is 9.78 Å². The van der Waals surface area contributed by atoms with Crippen LogP contribution >= 0.6 is 15.9 Å². The fraction of sp³-hybridized carbons (Fsp3) is 0.562. The number of carbonyl (C=O) groups is 1. The van der Waals surface area contributed by atoms with E-state index >= 15 is 0 Å². The van der Waals surface area contributed by atoms with Gasteiger partial charge in [-0.15, -0.1) is 0 Å². The molecule has 1 fully saturated rings. The Morgan fingerprint density at radius 2 is 2.21 bits per heavy atom. The van der Waals surface area contributed by atoms with E-state index in [1.807, 2.05) is 20.8 Å². The molecule has 2 aromatic rings. The summed E-state index contributed by atoms with van der Waals surface area (Å²) in [6.07, 6.45) is 3.04. The Morgan fingerprint density at radius 1 is 1.46 bits per heavy atom. The largest absolute Gasteiger partial charge is 0.492 e. The Morgan fingerprint density at radius 3 is 2.92 bits per heavy atom. The summed E-state index contributed by atoms with van der Waals surface area (Å²) in [5, 5.41) is 14.3. The molecule has 24 heavy (non-hydrogen) atoms. The second-order valence-corrected chi connectivity index (χ2v) is 7.79. The molecular formula is C16H21BrN4O3. The molecule has 0 radical (unpaired) electrons. The lowest BCUT2D eigenvalue weighted by Gasteiger charge is -2.34. The molecule has 1 amide bonds. The van der Waals surface area contributed by atoms with Crippen LogP contribution in [0.1, 0.15) is 45.2 Å². The first kappa shape index (κ1) is 17.0. The minimum absolute atomic E-state index is 0.0226. The van der Waals surface area contributed by atoms with Crippen molar-refractivity contribution in [3.63, 3.8) is 0 Å². The van der Waals surface area contributed by atoms with Crippen molar-refractivity contribution in [1.82, 2.24) is 19.5 Å². The van der Waals surface area contributed by atoms with Crippen LogP contribution in [0.4, 0.5) is 4.79 Å². The minimum atomic E-state index is -0.516. The van der Waals surface area contributed by atoms with Gasteiger partial charge in [0.15, 0.2) is 5.65 Å². The van der Waals surface area contributed by atoms with E-state index < -0.39 is 5.60 Å². The molecule has 0 bridgehead atoms. The lowest BCUT2D eigenvalue weighted by atomic mass is 9.94. The Bertz CT molecular complexity index is 769. The Hall–Kier alpha value is -1.83. The number of hydrogen-bond donors (Lipinski definition) is 1. The summed E-state index contributed by atoms with van der Waals surface area (Å²) in [5.74, 6) is 0.0563. The van der Waals surface area contributed by atoms with Gasteiger partial charge in [0.25, 0.3) is 0 Å². The van der Waals surface area contributed by atoms with Crippen LogP contribution in [-0.2, 0) is 4.74 Å². The number of halogens is 1. The molecule has 3 rings (SSSR count). The number of rotatable bonds is 1. The molecule has 1 aliphatic rings. The standard InChI is InChI=1S/C16H21BrN4O3/c1-16(2,3)24-15(23)20-8-4-5-10(9-20)13-12(17)14(22)21-11(19-13)6-7-18-21/h6-7,10,22H,4-5,8-9H2,1-3H3. The highest BCUT2D eigenvalue weighted by Gasteiger charge is 2.31.